The fraction of sp³-hybridized carbons (Fsp3) is 1.00. The maximum absolute atomic E-state index is 5.66. The number of hydrogen-bond donors (Lipinski definition) is 1. The van der Waals surface area contributed by atoms with E-state index in [2.05, 4.69) is 24.1 Å². The highest BCUT2D eigenvalue weighted by molar-refractivity contribution is 4.93. The zero-order valence-corrected chi connectivity index (χ0v) is 12.2. The van der Waals surface area contributed by atoms with E-state index in [1.54, 1.807) is 0 Å². The molecule has 2 saturated heterocycles. The quantitative estimate of drug-likeness (QED) is 0.705. The molecule has 2 rings (SSSR count). The summed E-state index contributed by atoms with van der Waals surface area (Å²) in [6.45, 7) is 9.93. The van der Waals surface area contributed by atoms with Gasteiger partial charge in [0.1, 0.15) is 0 Å². The second kappa shape index (κ2) is 7.46. The second-order valence-electron chi connectivity index (χ2n) is 6.24. The lowest BCUT2D eigenvalue weighted by molar-refractivity contribution is 0.119. The molecule has 3 heteroatoms. The average Bonchev–Trinajstić information content (AvgIpc) is 2.77. The van der Waals surface area contributed by atoms with Crippen molar-refractivity contribution in [1.29, 1.82) is 0 Å². The van der Waals surface area contributed by atoms with Crippen molar-refractivity contribution in [2.45, 2.75) is 58.0 Å². The van der Waals surface area contributed by atoms with Gasteiger partial charge in [-0.05, 0) is 38.1 Å². The van der Waals surface area contributed by atoms with E-state index in [1.165, 1.54) is 45.2 Å². The van der Waals surface area contributed by atoms with Crippen LogP contribution in [0.3, 0.4) is 0 Å². The Morgan fingerprint density at radius 2 is 2.06 bits per heavy atom. The molecule has 0 spiro atoms. The molecule has 1 N–H and O–H groups in total. The van der Waals surface area contributed by atoms with Crippen LogP contribution in [0.15, 0.2) is 0 Å². The van der Waals surface area contributed by atoms with Crippen molar-refractivity contribution < 1.29 is 4.74 Å². The maximum atomic E-state index is 5.66. The Morgan fingerprint density at radius 3 is 2.89 bits per heavy atom. The largest absolute Gasteiger partial charge is 0.380 e. The molecule has 2 aliphatic heterocycles. The van der Waals surface area contributed by atoms with Crippen molar-refractivity contribution in [1.82, 2.24) is 10.2 Å². The molecular weight excluding hydrogens is 224 g/mol. The summed E-state index contributed by atoms with van der Waals surface area (Å²) in [5.74, 6) is 0.753. The monoisotopic (exact) mass is 254 g/mol. The molecule has 2 aliphatic rings. The standard InChI is InChI=1S/C15H30N2O/c1-13(2)7-11-18-12-8-16-14-6-10-17-9-4-3-5-15(14)17/h13-16H,3-12H2,1-2H3. The van der Waals surface area contributed by atoms with Gasteiger partial charge in [-0.3, -0.25) is 4.90 Å². The van der Waals surface area contributed by atoms with E-state index < -0.39 is 0 Å². The van der Waals surface area contributed by atoms with E-state index in [1.807, 2.05) is 0 Å². The van der Waals surface area contributed by atoms with Crippen molar-refractivity contribution in [3.63, 3.8) is 0 Å². The number of ether oxygens (including phenoxy) is 1. The van der Waals surface area contributed by atoms with Crippen molar-refractivity contribution in [3.05, 3.63) is 0 Å². The highest BCUT2D eigenvalue weighted by Crippen LogP contribution is 2.26. The first-order valence-electron chi connectivity index (χ1n) is 7.82. The number of rotatable bonds is 7. The number of nitrogens with one attached hydrogen (secondary N) is 1. The zero-order valence-electron chi connectivity index (χ0n) is 12.2. The van der Waals surface area contributed by atoms with E-state index in [-0.39, 0.29) is 0 Å². The molecule has 106 valence electrons. The van der Waals surface area contributed by atoms with Crippen LogP contribution in [-0.2, 0) is 4.74 Å². The van der Waals surface area contributed by atoms with Crippen LogP contribution in [0.2, 0.25) is 0 Å². The second-order valence-corrected chi connectivity index (χ2v) is 6.24. The van der Waals surface area contributed by atoms with Crippen molar-refractivity contribution in [2.24, 2.45) is 5.92 Å². The smallest absolute Gasteiger partial charge is 0.0591 e. The normalized spacial score (nSPS) is 28.8. The predicted octanol–water partition coefficient (Wildman–Crippen LogP) is 2.27. The third-order valence-corrected chi connectivity index (χ3v) is 4.35. The van der Waals surface area contributed by atoms with Crippen LogP contribution in [0.4, 0.5) is 0 Å². The van der Waals surface area contributed by atoms with E-state index in [9.17, 15) is 0 Å². The van der Waals surface area contributed by atoms with E-state index in [4.69, 9.17) is 4.74 Å². The highest BCUT2D eigenvalue weighted by Gasteiger charge is 2.34. The molecule has 3 nitrogen and oxygen atoms in total. The summed E-state index contributed by atoms with van der Waals surface area (Å²) in [4.78, 5) is 2.68. The number of piperidine rings is 1. The van der Waals surface area contributed by atoms with Crippen LogP contribution in [0, 0.1) is 5.92 Å². The molecule has 0 saturated carbocycles. The minimum atomic E-state index is 0.721. The SMILES string of the molecule is CC(C)CCOCCNC1CCN2CCCCC12. The summed E-state index contributed by atoms with van der Waals surface area (Å²) < 4.78 is 5.66. The number of fused-ring (bicyclic) bond motifs is 1. The molecule has 0 bridgehead atoms. The topological polar surface area (TPSA) is 24.5 Å². The Kier molecular flexibility index (Phi) is 5.93. The van der Waals surface area contributed by atoms with Crippen LogP contribution in [-0.4, -0.2) is 49.8 Å². The van der Waals surface area contributed by atoms with Gasteiger partial charge in [-0.25, -0.2) is 0 Å². The molecule has 2 unspecified atom stereocenters. The van der Waals surface area contributed by atoms with Crippen molar-refractivity contribution >= 4 is 0 Å². The van der Waals surface area contributed by atoms with Crippen molar-refractivity contribution in [3.8, 4) is 0 Å². The van der Waals surface area contributed by atoms with Gasteiger partial charge < -0.3 is 10.1 Å². The van der Waals surface area contributed by atoms with Gasteiger partial charge in [-0.2, -0.15) is 0 Å². The van der Waals surface area contributed by atoms with Gasteiger partial charge >= 0.3 is 0 Å². The first-order chi connectivity index (χ1) is 8.77. The van der Waals surface area contributed by atoms with Gasteiger partial charge in [0.05, 0.1) is 6.61 Å². The lowest BCUT2D eigenvalue weighted by Crippen LogP contribution is -2.45. The van der Waals surface area contributed by atoms with E-state index in [0.717, 1.165) is 37.8 Å². The average molecular weight is 254 g/mol. The Morgan fingerprint density at radius 1 is 1.17 bits per heavy atom. The maximum Gasteiger partial charge on any atom is 0.0591 e. The molecule has 2 fully saturated rings. The molecule has 0 aliphatic carbocycles. The predicted molar refractivity (Wildman–Crippen MR) is 75.9 cm³/mol. The molecule has 0 aromatic carbocycles. The van der Waals surface area contributed by atoms with Gasteiger partial charge in [-0.15, -0.1) is 0 Å². The fourth-order valence-corrected chi connectivity index (χ4v) is 3.22. The summed E-state index contributed by atoms with van der Waals surface area (Å²) >= 11 is 0. The third-order valence-electron chi connectivity index (χ3n) is 4.35. The molecule has 0 aromatic rings. The number of nitrogens with zero attached hydrogens (tertiary/aromatic N) is 1. The van der Waals surface area contributed by atoms with Crippen LogP contribution < -0.4 is 5.32 Å². The van der Waals surface area contributed by atoms with E-state index in [0.29, 0.717) is 0 Å². The minimum absolute atomic E-state index is 0.721. The summed E-state index contributed by atoms with van der Waals surface area (Å²) in [5.41, 5.74) is 0. The first kappa shape index (κ1) is 14.3. The Bertz CT molecular complexity index is 233. The molecule has 0 aromatic heterocycles. The third kappa shape index (κ3) is 4.22. The Balaban J connectivity index is 1.54. The molecular formula is C15H30N2O. The molecule has 2 atom stereocenters. The summed E-state index contributed by atoms with van der Waals surface area (Å²) in [6, 6.07) is 1.54. The lowest BCUT2D eigenvalue weighted by Gasteiger charge is -2.32. The van der Waals surface area contributed by atoms with Crippen LogP contribution in [0.1, 0.15) is 46.0 Å². The van der Waals surface area contributed by atoms with Gasteiger partial charge in [0, 0.05) is 31.8 Å². The van der Waals surface area contributed by atoms with Gasteiger partial charge in [0.25, 0.3) is 0 Å². The summed E-state index contributed by atoms with van der Waals surface area (Å²) in [6.07, 6.45) is 6.73. The lowest BCUT2D eigenvalue weighted by atomic mass is 9.99. The zero-order chi connectivity index (χ0) is 12.8. The van der Waals surface area contributed by atoms with E-state index >= 15 is 0 Å². The Labute approximate surface area is 112 Å². The van der Waals surface area contributed by atoms with Crippen LogP contribution >= 0.6 is 0 Å². The highest BCUT2D eigenvalue weighted by atomic mass is 16.5. The summed E-state index contributed by atoms with van der Waals surface area (Å²) in [7, 11) is 0. The molecule has 0 amide bonds. The molecule has 18 heavy (non-hydrogen) atoms. The first-order valence-corrected chi connectivity index (χ1v) is 7.82. The van der Waals surface area contributed by atoms with Crippen LogP contribution in [0.5, 0.6) is 0 Å². The van der Waals surface area contributed by atoms with Crippen molar-refractivity contribution in [2.75, 3.05) is 32.8 Å². The summed E-state index contributed by atoms with van der Waals surface area (Å²) in [5, 5.41) is 3.70. The molecule has 2 heterocycles. The fourth-order valence-electron chi connectivity index (χ4n) is 3.22. The van der Waals surface area contributed by atoms with Gasteiger partial charge in [-0.1, -0.05) is 20.3 Å². The van der Waals surface area contributed by atoms with Gasteiger partial charge in [0.2, 0.25) is 0 Å². The Hall–Kier alpha value is -0.120. The minimum Gasteiger partial charge on any atom is -0.380 e. The van der Waals surface area contributed by atoms with Crippen LogP contribution in [0.25, 0.3) is 0 Å². The van der Waals surface area contributed by atoms with Gasteiger partial charge in [0.15, 0.2) is 0 Å². The molecule has 0 radical (unpaired) electrons. The number of hydrogen-bond acceptors (Lipinski definition) is 3.